The second-order valence-electron chi connectivity index (χ2n) is 10.5. The molecule has 0 saturated carbocycles. The van der Waals surface area contributed by atoms with E-state index in [0.717, 1.165) is 10.4 Å². The second kappa shape index (κ2) is 13.0. The van der Waals surface area contributed by atoms with Crippen molar-refractivity contribution in [1.82, 2.24) is 10.2 Å². The average Bonchev–Trinajstić information content (AvgIpc) is 3.55. The minimum absolute atomic E-state index is 0.0185. The Labute approximate surface area is 227 Å². The number of nitrogens with zero attached hydrogens (tertiary/aromatic N) is 1. The van der Waals surface area contributed by atoms with E-state index in [4.69, 9.17) is 9.84 Å². The van der Waals surface area contributed by atoms with Crippen LogP contribution in [0.3, 0.4) is 0 Å². The maximum atomic E-state index is 13.3. The van der Waals surface area contributed by atoms with Crippen LogP contribution in [0.1, 0.15) is 60.6 Å². The highest BCUT2D eigenvalue weighted by molar-refractivity contribution is 7.15. The van der Waals surface area contributed by atoms with Crippen molar-refractivity contribution >= 4 is 41.0 Å². The minimum atomic E-state index is -0.940. The summed E-state index contributed by atoms with van der Waals surface area (Å²) in [6.45, 7) is 7.44. The quantitative estimate of drug-likeness (QED) is 0.270. The fourth-order valence-electron chi connectivity index (χ4n) is 4.09. The van der Waals surface area contributed by atoms with Gasteiger partial charge in [0.1, 0.15) is 17.7 Å². The molecule has 1 aromatic carbocycles. The number of carbonyl (C=O) groups is 4. The molecule has 2 N–H and O–H groups in total. The van der Waals surface area contributed by atoms with Crippen molar-refractivity contribution in [2.45, 2.75) is 64.6 Å². The summed E-state index contributed by atoms with van der Waals surface area (Å²) in [5.41, 5.74) is 0.123. The Morgan fingerprint density at radius 1 is 1.16 bits per heavy atom. The van der Waals surface area contributed by atoms with E-state index in [1.165, 1.54) is 16.2 Å². The Morgan fingerprint density at radius 3 is 2.53 bits per heavy atom. The highest BCUT2D eigenvalue weighted by Crippen LogP contribution is 2.24. The van der Waals surface area contributed by atoms with E-state index in [-0.39, 0.29) is 30.4 Å². The summed E-state index contributed by atoms with van der Waals surface area (Å²) >= 11 is 1.18. The highest BCUT2D eigenvalue weighted by Gasteiger charge is 2.39. The van der Waals surface area contributed by atoms with Crippen LogP contribution in [0.15, 0.2) is 48.5 Å². The van der Waals surface area contributed by atoms with E-state index in [0.29, 0.717) is 12.8 Å². The minimum Gasteiger partial charge on any atom is -0.458 e. The van der Waals surface area contributed by atoms with Crippen LogP contribution >= 0.6 is 11.3 Å². The molecule has 0 bridgehead atoms. The standard InChI is InChI=1S/C29H36N2O6S/c1-19(18-32)12-13-21-14-15-24(38-21)25(33)27(35)31-16-8-11-23(31)26(34)30-22(28(36)37-29(2,3)4)17-20-9-6-5-7-10-20/h5-7,9-10,12-15,19,22-23,32H,8,11,16-18H2,1-4H3,(H,30,34)/b13-12+/t19-,22+,23?/m1/s1. The number of carbonyl (C=O) groups excluding carboxylic acids is 4. The second-order valence-corrected chi connectivity index (χ2v) is 11.6. The molecule has 3 rings (SSSR count). The molecule has 1 aliphatic heterocycles. The predicted octanol–water partition coefficient (Wildman–Crippen LogP) is 3.63. The number of hydrogen-bond acceptors (Lipinski definition) is 7. The van der Waals surface area contributed by atoms with Crippen LogP contribution in [-0.2, 0) is 25.5 Å². The van der Waals surface area contributed by atoms with Crippen molar-refractivity contribution in [2.24, 2.45) is 5.92 Å². The topological polar surface area (TPSA) is 113 Å². The van der Waals surface area contributed by atoms with Crippen LogP contribution in [0.25, 0.3) is 6.08 Å². The van der Waals surface area contributed by atoms with Gasteiger partial charge in [-0.05, 0) is 63.3 Å². The fourth-order valence-corrected chi connectivity index (χ4v) is 4.94. The Kier molecular flexibility index (Phi) is 9.99. The zero-order chi connectivity index (χ0) is 27.9. The van der Waals surface area contributed by atoms with Gasteiger partial charge in [0.05, 0.1) is 4.88 Å². The molecule has 2 amide bonds. The summed E-state index contributed by atoms with van der Waals surface area (Å²) in [5.74, 6) is -2.47. The number of benzene rings is 1. The van der Waals surface area contributed by atoms with Gasteiger partial charge in [-0.1, -0.05) is 43.3 Å². The lowest BCUT2D eigenvalue weighted by Crippen LogP contribution is -2.53. The zero-order valence-corrected chi connectivity index (χ0v) is 23.1. The number of nitrogens with one attached hydrogen (secondary N) is 1. The van der Waals surface area contributed by atoms with Crippen molar-refractivity contribution in [3.63, 3.8) is 0 Å². The summed E-state index contributed by atoms with van der Waals surface area (Å²) in [4.78, 5) is 54.8. The van der Waals surface area contributed by atoms with Crippen LogP contribution in [0.4, 0.5) is 0 Å². The number of Topliss-reactive ketones (excluding diaryl/α,β-unsaturated/α-hetero) is 1. The first-order valence-electron chi connectivity index (χ1n) is 12.8. The van der Waals surface area contributed by atoms with E-state index in [1.54, 1.807) is 32.9 Å². The number of amides is 2. The average molecular weight is 541 g/mol. The summed E-state index contributed by atoms with van der Waals surface area (Å²) in [6, 6.07) is 10.8. The first-order chi connectivity index (χ1) is 18.0. The molecule has 2 heterocycles. The predicted molar refractivity (Wildman–Crippen MR) is 147 cm³/mol. The zero-order valence-electron chi connectivity index (χ0n) is 22.3. The van der Waals surface area contributed by atoms with Gasteiger partial charge in [0.2, 0.25) is 5.91 Å². The van der Waals surface area contributed by atoms with E-state index in [1.807, 2.05) is 49.4 Å². The molecule has 8 nitrogen and oxygen atoms in total. The molecule has 0 aliphatic carbocycles. The summed E-state index contributed by atoms with van der Waals surface area (Å²) < 4.78 is 5.54. The van der Waals surface area contributed by atoms with E-state index < -0.39 is 41.3 Å². The third-order valence-corrected chi connectivity index (χ3v) is 7.08. The smallest absolute Gasteiger partial charge is 0.329 e. The molecule has 9 heteroatoms. The Balaban J connectivity index is 1.72. The molecule has 1 unspecified atom stereocenters. The van der Waals surface area contributed by atoms with Gasteiger partial charge >= 0.3 is 5.97 Å². The number of ether oxygens (including phenoxy) is 1. The van der Waals surface area contributed by atoms with Gasteiger partial charge in [0, 0.05) is 24.4 Å². The third kappa shape index (κ3) is 8.10. The first kappa shape index (κ1) is 29.3. The molecule has 1 aromatic heterocycles. The molecule has 1 saturated heterocycles. The maximum Gasteiger partial charge on any atom is 0.329 e. The van der Waals surface area contributed by atoms with Crippen molar-refractivity contribution in [3.8, 4) is 0 Å². The lowest BCUT2D eigenvalue weighted by atomic mass is 10.0. The summed E-state index contributed by atoms with van der Waals surface area (Å²) in [6.07, 6.45) is 4.85. The molecule has 0 spiro atoms. The third-order valence-electron chi connectivity index (χ3n) is 6.03. The van der Waals surface area contributed by atoms with Gasteiger partial charge in [0.15, 0.2) is 0 Å². The lowest BCUT2D eigenvalue weighted by molar-refractivity contribution is -0.159. The van der Waals surface area contributed by atoms with Crippen LogP contribution in [-0.4, -0.2) is 64.4 Å². The van der Waals surface area contributed by atoms with Gasteiger partial charge in [-0.15, -0.1) is 11.3 Å². The fraction of sp³-hybridized carbons (Fsp3) is 0.448. The molecule has 1 fully saturated rings. The van der Waals surface area contributed by atoms with Crippen molar-refractivity contribution in [2.75, 3.05) is 13.2 Å². The normalized spacial score (nSPS) is 17.3. The molecule has 3 atom stereocenters. The summed E-state index contributed by atoms with van der Waals surface area (Å²) in [7, 11) is 0. The number of likely N-dealkylation sites (tertiary alicyclic amines) is 1. The number of aliphatic hydroxyl groups excluding tert-OH is 1. The van der Waals surface area contributed by atoms with Crippen LogP contribution in [0, 0.1) is 5.92 Å². The van der Waals surface area contributed by atoms with Gasteiger partial charge in [-0.3, -0.25) is 14.4 Å². The SMILES string of the molecule is C[C@H](/C=C/c1ccc(C(=O)C(=O)N2CCCC2C(=O)N[C@@H](Cc2ccccc2)C(=O)OC(C)(C)C)s1)CO. The van der Waals surface area contributed by atoms with E-state index >= 15 is 0 Å². The van der Waals surface area contributed by atoms with E-state index in [2.05, 4.69) is 5.32 Å². The Hall–Kier alpha value is -3.30. The van der Waals surface area contributed by atoms with Gasteiger partial charge < -0.3 is 20.1 Å². The van der Waals surface area contributed by atoms with Crippen molar-refractivity contribution < 1.29 is 29.0 Å². The maximum absolute atomic E-state index is 13.3. The first-order valence-corrected chi connectivity index (χ1v) is 13.6. The Morgan fingerprint density at radius 2 is 1.87 bits per heavy atom. The molecular formula is C29H36N2O6S. The van der Waals surface area contributed by atoms with Crippen LogP contribution in [0.2, 0.25) is 0 Å². The number of ketones is 1. The molecule has 1 aliphatic rings. The van der Waals surface area contributed by atoms with Crippen molar-refractivity contribution in [3.05, 3.63) is 63.9 Å². The van der Waals surface area contributed by atoms with Crippen molar-refractivity contribution in [1.29, 1.82) is 0 Å². The number of aliphatic hydroxyl groups is 1. The Bertz CT molecular complexity index is 1170. The number of thiophene rings is 1. The molecule has 0 radical (unpaired) electrons. The molecule has 2 aromatic rings. The van der Waals surface area contributed by atoms with Gasteiger partial charge in [-0.2, -0.15) is 0 Å². The largest absolute Gasteiger partial charge is 0.458 e. The number of rotatable bonds is 10. The summed E-state index contributed by atoms with van der Waals surface area (Å²) in [5, 5.41) is 12.0. The number of esters is 1. The van der Waals surface area contributed by atoms with Crippen LogP contribution in [0.5, 0.6) is 0 Å². The molecule has 204 valence electrons. The molecular weight excluding hydrogens is 504 g/mol. The highest BCUT2D eigenvalue weighted by atomic mass is 32.1. The lowest BCUT2D eigenvalue weighted by Gasteiger charge is -2.27. The van der Waals surface area contributed by atoms with E-state index in [9.17, 15) is 19.2 Å². The van der Waals surface area contributed by atoms with Crippen LogP contribution < -0.4 is 5.32 Å². The van der Waals surface area contributed by atoms with Gasteiger partial charge in [0.25, 0.3) is 11.7 Å². The monoisotopic (exact) mass is 540 g/mol. The molecule has 38 heavy (non-hydrogen) atoms. The van der Waals surface area contributed by atoms with Gasteiger partial charge in [-0.25, -0.2) is 4.79 Å². The number of hydrogen-bond donors (Lipinski definition) is 2.